The molecule has 1 unspecified atom stereocenters. The average molecular weight is 731 g/mol. The van der Waals surface area contributed by atoms with E-state index in [1.165, 1.54) is 12.6 Å². The summed E-state index contributed by atoms with van der Waals surface area (Å²) in [5.41, 5.74) is 15.3. The lowest BCUT2D eigenvalue weighted by Gasteiger charge is -2.21. The van der Waals surface area contributed by atoms with Gasteiger partial charge in [0.25, 0.3) is 0 Å². The van der Waals surface area contributed by atoms with Crippen LogP contribution in [0.2, 0.25) is 5.02 Å². The van der Waals surface area contributed by atoms with Crippen LogP contribution in [0.5, 0.6) is 5.75 Å². The number of phenolic OH excluding ortho intramolecular Hbond substituents is 1. The number of fused-ring (bicyclic) bond motifs is 1. The summed E-state index contributed by atoms with van der Waals surface area (Å²) < 4.78 is 51.9. The zero-order valence-electron chi connectivity index (χ0n) is 29.9. The molecule has 0 fully saturated rings. The molecule has 0 saturated carbocycles. The molecular weight excluding hydrogens is 684 g/mol. The van der Waals surface area contributed by atoms with Gasteiger partial charge in [-0.25, -0.2) is 14.3 Å². The number of hydrogen-bond acceptors (Lipinski definition) is 6. The smallest absolute Gasteiger partial charge is 0.204 e. The molecule has 276 valence electrons. The molecule has 13 heteroatoms. The molecule has 5 rings (SSSR count). The number of nitrogens with two attached hydrogens (primary N) is 2. The monoisotopic (exact) mass is 730 g/mol. The lowest BCUT2D eigenvalue weighted by Crippen LogP contribution is -2.10. The zero-order chi connectivity index (χ0) is 39.1. The highest BCUT2D eigenvalue weighted by Crippen LogP contribution is 2.36. The van der Waals surface area contributed by atoms with Gasteiger partial charge in [0.05, 0.1) is 35.4 Å². The number of benzene rings is 3. The van der Waals surface area contributed by atoms with Crippen molar-refractivity contribution in [1.82, 2.24) is 9.97 Å². The molecule has 7 N–H and O–H groups in total. The SMILES string of the molecule is CC.CCC.CF.Cc1cc(C(Cc2cc(NF)c3ncc(Cl)cc3c2)c2ccccc2)nc(-c2cc(O)c(F)cc2F)c1C.N=CN.NC=O. The molecular formula is C38H47ClF4N6O2. The van der Waals surface area contributed by atoms with Crippen LogP contribution in [-0.2, 0) is 11.2 Å². The van der Waals surface area contributed by atoms with Crippen LogP contribution in [0.1, 0.15) is 68.0 Å². The summed E-state index contributed by atoms with van der Waals surface area (Å²) in [6.45, 7) is 11.9. The van der Waals surface area contributed by atoms with Gasteiger partial charge >= 0.3 is 0 Å². The van der Waals surface area contributed by atoms with Crippen molar-refractivity contribution in [3.63, 3.8) is 0 Å². The van der Waals surface area contributed by atoms with Crippen molar-refractivity contribution >= 4 is 40.9 Å². The van der Waals surface area contributed by atoms with E-state index in [9.17, 15) is 22.8 Å². The second-order valence-corrected chi connectivity index (χ2v) is 10.7. The highest BCUT2D eigenvalue weighted by molar-refractivity contribution is 6.31. The van der Waals surface area contributed by atoms with E-state index in [2.05, 4.69) is 30.3 Å². The number of aromatic nitrogens is 2. The lowest BCUT2D eigenvalue weighted by molar-refractivity contribution is -0.106. The fourth-order valence-corrected chi connectivity index (χ4v) is 4.88. The first-order valence-electron chi connectivity index (χ1n) is 15.9. The van der Waals surface area contributed by atoms with E-state index >= 15 is 0 Å². The molecule has 0 saturated heterocycles. The van der Waals surface area contributed by atoms with Crippen LogP contribution >= 0.6 is 11.6 Å². The van der Waals surface area contributed by atoms with E-state index < -0.39 is 17.4 Å². The van der Waals surface area contributed by atoms with Crippen LogP contribution in [0.15, 0.2) is 72.9 Å². The van der Waals surface area contributed by atoms with Crippen molar-refractivity contribution in [2.75, 3.05) is 12.7 Å². The number of hydrogen-bond donors (Lipinski definition) is 5. The summed E-state index contributed by atoms with van der Waals surface area (Å²) in [4.78, 5) is 17.7. The highest BCUT2D eigenvalue weighted by Gasteiger charge is 2.22. The maximum atomic E-state index is 14.8. The summed E-state index contributed by atoms with van der Waals surface area (Å²) in [5.74, 6) is -2.80. The molecule has 2 heterocycles. The van der Waals surface area contributed by atoms with Crippen molar-refractivity contribution in [2.45, 2.75) is 60.3 Å². The van der Waals surface area contributed by atoms with E-state index in [0.29, 0.717) is 52.5 Å². The number of aromatic hydroxyl groups is 1. The Balaban J connectivity index is 0.00000170. The fourth-order valence-electron chi connectivity index (χ4n) is 4.71. The van der Waals surface area contributed by atoms with Crippen molar-refractivity contribution in [2.24, 2.45) is 11.5 Å². The Morgan fingerprint density at radius 2 is 1.55 bits per heavy atom. The van der Waals surface area contributed by atoms with Gasteiger partial charge in [0.15, 0.2) is 11.6 Å². The Morgan fingerprint density at radius 1 is 0.980 bits per heavy atom. The normalized spacial score (nSPS) is 10.0. The van der Waals surface area contributed by atoms with Crippen molar-refractivity contribution in [3.05, 3.63) is 118 Å². The number of carbonyl (C=O) groups is 1. The summed E-state index contributed by atoms with van der Waals surface area (Å²) in [7, 11) is 0.500. The topological polar surface area (TPSA) is 151 Å². The molecule has 8 nitrogen and oxygen atoms in total. The number of aryl methyl sites for hydroxylation is 1. The summed E-state index contributed by atoms with van der Waals surface area (Å²) in [5, 5.41) is 16.9. The molecule has 0 spiro atoms. The van der Waals surface area contributed by atoms with Crippen LogP contribution < -0.4 is 17.0 Å². The third-order valence-corrected chi connectivity index (χ3v) is 6.96. The molecule has 0 aliphatic heterocycles. The predicted molar refractivity (Wildman–Crippen MR) is 202 cm³/mol. The van der Waals surface area contributed by atoms with Gasteiger partial charge in [-0.3, -0.25) is 24.6 Å². The summed E-state index contributed by atoms with van der Waals surface area (Å²) >= 11 is 6.15. The fraction of sp³-hybridized carbons (Fsp3) is 0.263. The summed E-state index contributed by atoms with van der Waals surface area (Å²) in [6.07, 6.45) is 4.15. The van der Waals surface area contributed by atoms with Crippen molar-refractivity contribution in [1.29, 1.82) is 5.41 Å². The van der Waals surface area contributed by atoms with E-state index in [1.54, 1.807) is 24.6 Å². The van der Waals surface area contributed by atoms with E-state index in [1.807, 2.05) is 63.2 Å². The van der Waals surface area contributed by atoms with Crippen LogP contribution in [0, 0.1) is 30.9 Å². The van der Waals surface area contributed by atoms with Gasteiger partial charge < -0.3 is 16.6 Å². The number of primary amides is 1. The first-order chi connectivity index (χ1) is 24.5. The Kier molecular flexibility index (Phi) is 22.3. The van der Waals surface area contributed by atoms with Crippen molar-refractivity contribution < 1.29 is 27.6 Å². The molecule has 0 aliphatic carbocycles. The number of amides is 1. The second-order valence-electron chi connectivity index (χ2n) is 10.3. The Hall–Kier alpha value is -5.23. The van der Waals surface area contributed by atoms with Gasteiger partial charge in [0, 0.05) is 34.8 Å². The maximum Gasteiger partial charge on any atom is 0.204 e. The molecule has 1 atom stereocenters. The Labute approximate surface area is 302 Å². The van der Waals surface area contributed by atoms with Gasteiger partial charge in [-0.1, -0.05) is 76.0 Å². The third-order valence-electron chi connectivity index (χ3n) is 6.75. The quantitative estimate of drug-likeness (QED) is 0.0386. The second kappa shape index (κ2) is 24.8. The van der Waals surface area contributed by atoms with Gasteiger partial charge in [0.1, 0.15) is 5.82 Å². The zero-order valence-corrected chi connectivity index (χ0v) is 30.6. The average Bonchev–Trinajstić information content (AvgIpc) is 3.12. The van der Waals surface area contributed by atoms with Crippen LogP contribution in [-0.4, -0.2) is 35.0 Å². The number of alkyl halides is 1. The predicted octanol–water partition coefficient (Wildman–Crippen LogP) is 9.90. The van der Waals surface area contributed by atoms with E-state index in [0.717, 1.165) is 29.1 Å². The molecule has 0 bridgehead atoms. The minimum Gasteiger partial charge on any atom is -0.505 e. The van der Waals surface area contributed by atoms with E-state index in [4.69, 9.17) is 26.8 Å². The first-order valence-corrected chi connectivity index (χ1v) is 16.3. The number of phenols is 1. The van der Waals surface area contributed by atoms with Crippen molar-refractivity contribution in [3.8, 4) is 17.0 Å². The molecule has 5 aromatic rings. The number of nitrogens with one attached hydrogen (secondary N) is 2. The third kappa shape index (κ3) is 13.5. The largest absolute Gasteiger partial charge is 0.505 e. The van der Waals surface area contributed by atoms with Gasteiger partial charge in [-0.15, -0.1) is 4.48 Å². The minimum atomic E-state index is -1.04. The van der Waals surface area contributed by atoms with Gasteiger partial charge in [-0.05, 0) is 72.9 Å². The van der Waals surface area contributed by atoms with Crippen LogP contribution in [0.4, 0.5) is 23.3 Å². The molecule has 0 radical (unpaired) electrons. The molecule has 3 aromatic carbocycles. The van der Waals surface area contributed by atoms with Crippen LogP contribution in [0.25, 0.3) is 22.2 Å². The molecule has 51 heavy (non-hydrogen) atoms. The van der Waals surface area contributed by atoms with Gasteiger partial charge in [0.2, 0.25) is 6.41 Å². The maximum absolute atomic E-state index is 14.8. The number of halogens is 5. The van der Waals surface area contributed by atoms with E-state index in [-0.39, 0.29) is 23.6 Å². The van der Waals surface area contributed by atoms with Gasteiger partial charge in [-0.2, -0.15) is 0 Å². The highest BCUT2D eigenvalue weighted by atomic mass is 35.5. The number of anilines is 1. The molecule has 2 aromatic heterocycles. The number of pyridine rings is 2. The number of rotatable bonds is 6. The molecule has 1 amide bonds. The lowest BCUT2D eigenvalue weighted by atomic mass is 9.87. The molecule has 0 aliphatic rings. The Morgan fingerprint density at radius 3 is 2.10 bits per heavy atom. The van der Waals surface area contributed by atoms with Crippen LogP contribution in [0.3, 0.4) is 0 Å². The standard InChI is InChI=1S/C30H23ClF3N3O.C3H8.C2H6.CH3F.CH4N2.CH3NO/c1-16-8-26(36-29(17(16)2)23-13-28(38)25(33)14-24(23)32)22(19-6-4-3-5-7-19)10-18-9-20-12-21(31)15-35-30(20)27(11-18)37-34;1-3-2;2*1-2;2*2-1-3/h3-9,11-15,22,37-38H,10H2,1-2H3;3H2,1-2H3;1-2H3;1H3;1H,(H3,2,3);1H,(H2,2,3). The minimum absolute atomic E-state index is 0.00787. The first kappa shape index (κ1) is 45.8. The number of nitrogens with zero attached hydrogens (tertiary/aromatic N) is 2. The number of carbonyl (C=O) groups excluding carboxylic acids is 1. The Bertz CT molecular complexity index is 1790. The summed E-state index contributed by atoms with van der Waals surface area (Å²) in [6, 6.07) is 18.7.